The molecule has 0 amide bonds. The highest BCUT2D eigenvalue weighted by Crippen LogP contribution is 2.23. The van der Waals surface area contributed by atoms with Crippen molar-refractivity contribution in [3.05, 3.63) is 33.8 Å². The molecule has 0 aliphatic rings. The summed E-state index contributed by atoms with van der Waals surface area (Å²) in [7, 11) is -1.13. The van der Waals surface area contributed by atoms with Crippen molar-refractivity contribution in [1.29, 1.82) is 0 Å². The van der Waals surface area contributed by atoms with Crippen molar-refractivity contribution in [2.45, 2.75) is 25.5 Å². The summed E-state index contributed by atoms with van der Waals surface area (Å²) in [4.78, 5) is 11.8. The van der Waals surface area contributed by atoms with Gasteiger partial charge in [0.25, 0.3) is 0 Å². The van der Waals surface area contributed by atoms with Gasteiger partial charge in [0.05, 0.1) is 15.8 Å². The number of carbonyl (C=O) groups excluding carboxylic acids is 1. The second-order valence-corrected chi connectivity index (χ2v) is 6.47. The monoisotopic (exact) mass is 292 g/mol. The van der Waals surface area contributed by atoms with Gasteiger partial charge in [-0.15, -0.1) is 0 Å². The van der Waals surface area contributed by atoms with E-state index in [1.165, 1.54) is 6.07 Å². The van der Waals surface area contributed by atoms with E-state index in [2.05, 4.69) is 0 Å². The van der Waals surface area contributed by atoms with Crippen LogP contribution in [-0.4, -0.2) is 21.0 Å². The molecule has 2 nitrogen and oxygen atoms in total. The predicted octanol–water partition coefficient (Wildman–Crippen LogP) is 3.72. The highest BCUT2D eigenvalue weighted by molar-refractivity contribution is 7.86. The predicted molar refractivity (Wildman–Crippen MR) is 73.6 cm³/mol. The standard InChI is InChI=1S/C12H14Cl2O2S/c1-3-8(2)17(16)7-12(15)9-4-5-10(13)11(14)6-9/h4-6,8H,3,7H2,1-2H3. The lowest BCUT2D eigenvalue weighted by Crippen LogP contribution is -2.19. The minimum Gasteiger partial charge on any atom is -0.293 e. The minimum absolute atomic E-state index is 0.0294. The number of hydrogen-bond donors (Lipinski definition) is 0. The van der Waals surface area contributed by atoms with E-state index in [0.29, 0.717) is 15.6 Å². The first-order chi connectivity index (χ1) is 7.95. The average Bonchev–Trinajstić information content (AvgIpc) is 2.31. The first-order valence-electron chi connectivity index (χ1n) is 5.31. The van der Waals surface area contributed by atoms with Crippen LogP contribution in [0.2, 0.25) is 10.0 Å². The summed E-state index contributed by atoms with van der Waals surface area (Å²) in [5.41, 5.74) is 0.455. The topological polar surface area (TPSA) is 34.1 Å². The van der Waals surface area contributed by atoms with Gasteiger partial charge >= 0.3 is 0 Å². The van der Waals surface area contributed by atoms with Gasteiger partial charge in [-0.1, -0.05) is 37.0 Å². The lowest BCUT2D eigenvalue weighted by Gasteiger charge is -2.08. The largest absolute Gasteiger partial charge is 0.293 e. The van der Waals surface area contributed by atoms with Crippen molar-refractivity contribution in [3.63, 3.8) is 0 Å². The third-order valence-electron chi connectivity index (χ3n) is 2.54. The second kappa shape index (κ2) is 6.53. The molecule has 2 unspecified atom stereocenters. The quantitative estimate of drug-likeness (QED) is 0.775. The molecule has 0 spiro atoms. The van der Waals surface area contributed by atoms with Crippen LogP contribution in [0.1, 0.15) is 30.6 Å². The fraction of sp³-hybridized carbons (Fsp3) is 0.417. The van der Waals surface area contributed by atoms with E-state index in [1.807, 2.05) is 13.8 Å². The zero-order chi connectivity index (χ0) is 13.0. The van der Waals surface area contributed by atoms with Gasteiger partial charge in [-0.05, 0) is 24.6 Å². The van der Waals surface area contributed by atoms with Crippen LogP contribution in [0.4, 0.5) is 0 Å². The Hall–Kier alpha value is -0.380. The second-order valence-electron chi connectivity index (χ2n) is 3.80. The van der Waals surface area contributed by atoms with E-state index in [1.54, 1.807) is 12.1 Å². The van der Waals surface area contributed by atoms with Crippen molar-refractivity contribution in [3.8, 4) is 0 Å². The smallest absolute Gasteiger partial charge is 0.175 e. The fourth-order valence-electron chi connectivity index (χ4n) is 1.21. The Bertz CT molecular complexity index is 446. The number of benzene rings is 1. The van der Waals surface area contributed by atoms with Crippen molar-refractivity contribution in [2.75, 3.05) is 5.75 Å². The molecule has 0 heterocycles. The maximum atomic E-state index is 11.8. The van der Waals surface area contributed by atoms with Crippen molar-refractivity contribution in [2.24, 2.45) is 0 Å². The van der Waals surface area contributed by atoms with E-state index in [0.717, 1.165) is 6.42 Å². The average molecular weight is 293 g/mol. The maximum absolute atomic E-state index is 11.8. The number of ketones is 1. The Kier molecular flexibility index (Phi) is 5.63. The molecule has 0 radical (unpaired) electrons. The molecule has 0 N–H and O–H groups in total. The number of halogens is 2. The third-order valence-corrected chi connectivity index (χ3v) is 5.06. The summed E-state index contributed by atoms with van der Waals surface area (Å²) in [6.45, 7) is 3.82. The first kappa shape index (κ1) is 14.7. The van der Waals surface area contributed by atoms with Gasteiger partial charge in [0.1, 0.15) is 0 Å². The molecule has 0 aliphatic carbocycles. The fourth-order valence-corrected chi connectivity index (χ4v) is 2.59. The molecule has 0 aliphatic heterocycles. The summed E-state index contributed by atoms with van der Waals surface area (Å²) in [6.07, 6.45) is 0.793. The van der Waals surface area contributed by atoms with Crippen LogP contribution in [0.3, 0.4) is 0 Å². The lowest BCUT2D eigenvalue weighted by molar-refractivity contribution is 0.102. The molecule has 1 aromatic rings. The molecule has 94 valence electrons. The van der Waals surface area contributed by atoms with Crippen LogP contribution in [0.25, 0.3) is 0 Å². The van der Waals surface area contributed by atoms with E-state index in [4.69, 9.17) is 23.2 Å². The van der Waals surface area contributed by atoms with E-state index in [-0.39, 0.29) is 16.8 Å². The van der Waals surface area contributed by atoms with Gasteiger partial charge in [0.2, 0.25) is 0 Å². The van der Waals surface area contributed by atoms with Gasteiger partial charge in [0.15, 0.2) is 5.78 Å². The molecule has 0 saturated carbocycles. The molecule has 0 bridgehead atoms. The first-order valence-corrected chi connectivity index (χ1v) is 7.45. The Morgan fingerprint density at radius 3 is 2.53 bits per heavy atom. The zero-order valence-electron chi connectivity index (χ0n) is 9.70. The van der Waals surface area contributed by atoms with Crippen LogP contribution in [-0.2, 0) is 10.8 Å². The lowest BCUT2D eigenvalue weighted by atomic mass is 10.1. The molecular formula is C12H14Cl2O2S. The Labute approximate surface area is 114 Å². The molecular weight excluding hydrogens is 279 g/mol. The SMILES string of the molecule is CCC(C)S(=O)CC(=O)c1ccc(Cl)c(Cl)c1. The minimum atomic E-state index is -1.13. The Morgan fingerprint density at radius 1 is 1.35 bits per heavy atom. The molecule has 2 atom stereocenters. The molecule has 0 saturated heterocycles. The zero-order valence-corrected chi connectivity index (χ0v) is 12.0. The van der Waals surface area contributed by atoms with E-state index >= 15 is 0 Å². The van der Waals surface area contributed by atoms with Crippen molar-refractivity contribution >= 4 is 39.8 Å². The highest BCUT2D eigenvalue weighted by atomic mass is 35.5. The van der Waals surface area contributed by atoms with Crippen LogP contribution >= 0.6 is 23.2 Å². The van der Waals surface area contributed by atoms with Gasteiger partial charge in [-0.3, -0.25) is 9.00 Å². The van der Waals surface area contributed by atoms with Crippen LogP contribution < -0.4 is 0 Å². The normalized spacial score (nSPS) is 14.4. The van der Waals surface area contributed by atoms with Gasteiger partial charge in [-0.2, -0.15) is 0 Å². The Morgan fingerprint density at radius 2 is 2.00 bits per heavy atom. The molecule has 0 fully saturated rings. The summed E-state index contributed by atoms with van der Waals surface area (Å²) >= 11 is 11.6. The van der Waals surface area contributed by atoms with E-state index in [9.17, 15) is 9.00 Å². The van der Waals surface area contributed by atoms with Gasteiger partial charge < -0.3 is 0 Å². The van der Waals surface area contributed by atoms with Crippen LogP contribution in [0.5, 0.6) is 0 Å². The molecule has 1 rings (SSSR count). The Balaban J connectivity index is 2.77. The maximum Gasteiger partial charge on any atom is 0.175 e. The van der Waals surface area contributed by atoms with Crippen LogP contribution in [0.15, 0.2) is 18.2 Å². The van der Waals surface area contributed by atoms with Crippen molar-refractivity contribution in [1.82, 2.24) is 0 Å². The number of carbonyl (C=O) groups is 1. The van der Waals surface area contributed by atoms with Crippen LogP contribution in [0, 0.1) is 0 Å². The third kappa shape index (κ3) is 4.09. The number of rotatable bonds is 5. The summed E-state index contributed by atoms with van der Waals surface area (Å²) in [5, 5.41) is 0.778. The number of hydrogen-bond acceptors (Lipinski definition) is 2. The van der Waals surface area contributed by atoms with Crippen molar-refractivity contribution < 1.29 is 9.00 Å². The summed E-state index contributed by atoms with van der Waals surface area (Å²) < 4.78 is 11.7. The van der Waals surface area contributed by atoms with E-state index < -0.39 is 10.8 Å². The molecule has 0 aromatic heterocycles. The molecule has 1 aromatic carbocycles. The molecule has 17 heavy (non-hydrogen) atoms. The highest BCUT2D eigenvalue weighted by Gasteiger charge is 2.15. The summed E-state index contributed by atoms with van der Waals surface area (Å²) in [6, 6.07) is 4.69. The molecule has 5 heteroatoms. The summed E-state index contributed by atoms with van der Waals surface area (Å²) in [5.74, 6) is -0.130. The number of Topliss-reactive ketones (excluding diaryl/α,β-unsaturated/α-hetero) is 1. The van der Waals surface area contributed by atoms with Gasteiger partial charge in [-0.25, -0.2) is 0 Å². The van der Waals surface area contributed by atoms with Gasteiger partial charge in [0, 0.05) is 21.6 Å².